The van der Waals surface area contributed by atoms with E-state index in [9.17, 15) is 4.39 Å². The second-order valence-electron chi connectivity index (χ2n) is 4.98. The topological polar surface area (TPSA) is 27.7 Å². The lowest BCUT2D eigenvalue weighted by Gasteiger charge is -2.05. The lowest BCUT2D eigenvalue weighted by molar-refractivity contribution is 0.297. The van der Waals surface area contributed by atoms with Gasteiger partial charge in [-0.1, -0.05) is 12.1 Å². The zero-order valence-electron chi connectivity index (χ0n) is 14.7. The molecule has 0 unspecified atom stereocenters. The fourth-order valence-corrected chi connectivity index (χ4v) is 2.17. The van der Waals surface area contributed by atoms with Gasteiger partial charge in [0.05, 0.1) is 20.8 Å². The zero-order valence-corrected chi connectivity index (χ0v) is 14.7. The number of methoxy groups -OCH3 is 2. The minimum atomic E-state index is -0.244. The Kier molecular flexibility index (Phi) is 8.65. The summed E-state index contributed by atoms with van der Waals surface area (Å²) in [6, 6.07) is 4.70. The van der Waals surface area contributed by atoms with Gasteiger partial charge in [-0.15, -0.1) is 6.58 Å². The number of ether oxygens (including phenoxy) is 2. The molecule has 0 aromatic heterocycles. The van der Waals surface area contributed by atoms with Crippen molar-refractivity contribution in [3.63, 3.8) is 0 Å². The van der Waals surface area contributed by atoms with Gasteiger partial charge in [-0.2, -0.15) is 0 Å². The average molecular weight is 330 g/mol. The molecule has 128 valence electrons. The van der Waals surface area contributed by atoms with Crippen molar-refractivity contribution in [2.45, 2.75) is 20.5 Å². The summed E-state index contributed by atoms with van der Waals surface area (Å²) in [5.74, 6) is 3.02. The Bertz CT molecular complexity index is 635. The maximum absolute atomic E-state index is 13.2. The van der Waals surface area contributed by atoms with Crippen molar-refractivity contribution >= 4 is 12.4 Å². The average Bonchev–Trinajstić information content (AvgIpc) is 2.97. The van der Waals surface area contributed by atoms with Gasteiger partial charge in [0, 0.05) is 0 Å². The van der Waals surface area contributed by atoms with Crippen LogP contribution in [-0.4, -0.2) is 21.1 Å². The van der Waals surface area contributed by atoms with Crippen LogP contribution < -0.4 is 5.46 Å². The second kappa shape index (κ2) is 10.5. The monoisotopic (exact) mass is 330 g/mol. The van der Waals surface area contributed by atoms with Gasteiger partial charge < -0.3 is 14.1 Å². The number of benzene rings is 1. The van der Waals surface area contributed by atoms with Gasteiger partial charge in [-0.25, -0.2) is 4.39 Å². The van der Waals surface area contributed by atoms with E-state index < -0.39 is 0 Å². The lowest BCUT2D eigenvalue weighted by Crippen LogP contribution is -2.27. The Balaban J connectivity index is 0.000000891. The number of hydrogen-bond donors (Lipinski definition) is 0. The molecular formula is C19H24BFO3. The normalized spacial score (nSPS) is 14.1. The number of allylic oxidation sites excluding steroid dienone is 4. The maximum Gasteiger partial charge on any atom is 0.358 e. The Morgan fingerprint density at radius 1 is 1.21 bits per heavy atom. The fourth-order valence-electron chi connectivity index (χ4n) is 2.17. The molecule has 0 saturated carbocycles. The summed E-state index contributed by atoms with van der Waals surface area (Å²) >= 11 is 0. The summed E-state index contributed by atoms with van der Waals surface area (Å²) in [7, 11) is 3.21. The van der Waals surface area contributed by atoms with Gasteiger partial charge in [0.15, 0.2) is 0 Å². The molecule has 24 heavy (non-hydrogen) atoms. The molecule has 1 aromatic carbocycles. The largest absolute Gasteiger partial charge is 0.498 e. The van der Waals surface area contributed by atoms with Gasteiger partial charge in [0.2, 0.25) is 0 Å². The molecular weight excluding hydrogens is 306 g/mol. The Labute approximate surface area is 144 Å². The van der Waals surface area contributed by atoms with Gasteiger partial charge in [0.1, 0.15) is 17.3 Å². The van der Waals surface area contributed by atoms with Crippen LogP contribution in [0.2, 0.25) is 0 Å². The fraction of sp³-hybridized carbons (Fsp3) is 0.263. The van der Waals surface area contributed by atoms with Crippen molar-refractivity contribution < 1.29 is 18.5 Å². The Hall–Kier alpha value is -2.27. The molecule has 0 spiro atoms. The van der Waals surface area contributed by atoms with Crippen molar-refractivity contribution in [3.05, 3.63) is 78.0 Å². The number of halogens is 1. The lowest BCUT2D eigenvalue weighted by atomic mass is 9.61. The summed E-state index contributed by atoms with van der Waals surface area (Å²) in [4.78, 5) is 0. The molecule has 0 fully saturated rings. The smallest absolute Gasteiger partial charge is 0.358 e. The van der Waals surface area contributed by atoms with Crippen LogP contribution in [0.4, 0.5) is 4.39 Å². The highest BCUT2D eigenvalue weighted by Crippen LogP contribution is 2.15. The molecule has 3 nitrogen and oxygen atoms in total. The molecule has 0 N–H and O–H groups in total. The first-order valence-corrected chi connectivity index (χ1v) is 7.70. The van der Waals surface area contributed by atoms with Crippen molar-refractivity contribution in [1.82, 2.24) is 0 Å². The predicted molar refractivity (Wildman–Crippen MR) is 97.4 cm³/mol. The first kappa shape index (κ1) is 19.8. The van der Waals surface area contributed by atoms with Crippen molar-refractivity contribution in [2.24, 2.45) is 0 Å². The molecule has 0 saturated heterocycles. The summed E-state index contributed by atoms with van der Waals surface area (Å²) in [5.41, 5.74) is 1.85. The van der Waals surface area contributed by atoms with Crippen molar-refractivity contribution in [1.29, 1.82) is 0 Å². The van der Waals surface area contributed by atoms with E-state index in [0.717, 1.165) is 16.8 Å². The van der Waals surface area contributed by atoms with Gasteiger partial charge in [-0.3, -0.25) is 0 Å². The van der Waals surface area contributed by atoms with Crippen molar-refractivity contribution in [3.8, 4) is 0 Å². The third-order valence-electron chi connectivity index (χ3n) is 3.31. The van der Waals surface area contributed by atoms with E-state index in [4.69, 9.17) is 14.1 Å². The molecule has 2 rings (SSSR count). The predicted octanol–water partition coefficient (Wildman–Crippen LogP) is 3.92. The number of fused-ring (bicyclic) bond motifs is 1. The Morgan fingerprint density at radius 2 is 1.83 bits per heavy atom. The summed E-state index contributed by atoms with van der Waals surface area (Å²) in [5, 5.41) is 0. The SMILES string of the molecule is C=CC.C\C=C(/C=C\C(=C\B1OCc2cc(F)ccc21)OC)OC. The third kappa shape index (κ3) is 5.74. The van der Waals surface area contributed by atoms with E-state index in [1.165, 1.54) is 12.1 Å². The number of hydrogen-bond acceptors (Lipinski definition) is 3. The molecule has 0 radical (unpaired) electrons. The van der Waals surface area contributed by atoms with E-state index in [-0.39, 0.29) is 12.7 Å². The highest BCUT2D eigenvalue weighted by molar-refractivity contribution is 6.73. The summed E-state index contributed by atoms with van der Waals surface area (Å²) in [6.45, 7) is 7.33. The molecule has 0 atom stereocenters. The van der Waals surface area contributed by atoms with Crippen LogP contribution in [0.5, 0.6) is 0 Å². The maximum atomic E-state index is 13.2. The van der Waals surface area contributed by atoms with E-state index in [1.54, 1.807) is 26.4 Å². The van der Waals surface area contributed by atoms with Gasteiger partial charge in [0.25, 0.3) is 0 Å². The van der Waals surface area contributed by atoms with Crippen LogP contribution in [0.25, 0.3) is 0 Å². The molecule has 0 aliphatic carbocycles. The third-order valence-corrected chi connectivity index (χ3v) is 3.31. The minimum absolute atomic E-state index is 0.225. The molecule has 1 aromatic rings. The van der Waals surface area contributed by atoms with Crippen LogP contribution >= 0.6 is 0 Å². The van der Waals surface area contributed by atoms with Gasteiger partial charge >= 0.3 is 6.92 Å². The van der Waals surface area contributed by atoms with Gasteiger partial charge in [-0.05, 0) is 61.2 Å². The van der Waals surface area contributed by atoms with Crippen LogP contribution in [0.3, 0.4) is 0 Å². The van der Waals surface area contributed by atoms with E-state index in [1.807, 2.05) is 38.1 Å². The highest BCUT2D eigenvalue weighted by atomic mass is 19.1. The summed E-state index contributed by atoms with van der Waals surface area (Å²) < 4.78 is 29.3. The van der Waals surface area contributed by atoms with E-state index in [0.29, 0.717) is 12.4 Å². The minimum Gasteiger partial charge on any atom is -0.498 e. The van der Waals surface area contributed by atoms with Crippen LogP contribution in [0.1, 0.15) is 19.4 Å². The molecule has 1 aliphatic heterocycles. The molecule has 0 amide bonds. The highest BCUT2D eigenvalue weighted by Gasteiger charge is 2.27. The van der Waals surface area contributed by atoms with Crippen LogP contribution in [-0.2, 0) is 20.7 Å². The second-order valence-corrected chi connectivity index (χ2v) is 4.98. The Morgan fingerprint density at radius 3 is 2.42 bits per heavy atom. The first-order chi connectivity index (χ1) is 11.6. The number of rotatable bonds is 5. The molecule has 1 aliphatic rings. The first-order valence-electron chi connectivity index (χ1n) is 7.70. The molecule has 5 heteroatoms. The summed E-state index contributed by atoms with van der Waals surface area (Å²) in [6.07, 6.45) is 7.23. The zero-order chi connectivity index (χ0) is 17.9. The van der Waals surface area contributed by atoms with Crippen LogP contribution in [0, 0.1) is 5.82 Å². The van der Waals surface area contributed by atoms with Crippen molar-refractivity contribution in [2.75, 3.05) is 14.2 Å². The van der Waals surface area contributed by atoms with E-state index >= 15 is 0 Å². The standard InChI is InChI=1S/C16H18BFO3.C3H6/c1-4-14(19-2)6-7-15(20-3)10-17-16-8-5-13(18)9-12(16)11-21-17;1-3-2/h4-10H,11H2,1-3H3;3H,1H2,2H3/b7-6-,14-4+,15-10-;. The molecule has 0 bridgehead atoms. The quantitative estimate of drug-likeness (QED) is 0.354. The molecule has 1 heterocycles. The van der Waals surface area contributed by atoms with E-state index in [2.05, 4.69) is 6.58 Å². The van der Waals surface area contributed by atoms with Crippen LogP contribution in [0.15, 0.2) is 66.6 Å².